The quantitative estimate of drug-likeness (QED) is 0.216. The van der Waals surface area contributed by atoms with Gasteiger partial charge in [0.15, 0.2) is 0 Å². The Morgan fingerprint density at radius 2 is 1.71 bits per heavy atom. The van der Waals surface area contributed by atoms with E-state index >= 15 is 0 Å². The topological polar surface area (TPSA) is 57.6 Å². The summed E-state index contributed by atoms with van der Waals surface area (Å²) >= 11 is 12.1. The monoisotopic (exact) mass is 459 g/mol. The maximum atomic E-state index is 13.0. The van der Waals surface area contributed by atoms with Crippen LogP contribution in [0.15, 0.2) is 48.0 Å². The van der Waals surface area contributed by atoms with Gasteiger partial charge in [-0.25, -0.2) is 0 Å². The van der Waals surface area contributed by atoms with Crippen molar-refractivity contribution in [2.75, 3.05) is 6.54 Å². The molecule has 0 aromatic heterocycles. The van der Waals surface area contributed by atoms with Crippen LogP contribution < -0.4 is 0 Å². The first-order valence-corrected chi connectivity index (χ1v) is 11.4. The number of nitrogens with zero attached hydrogens (tertiary/aromatic N) is 1. The van der Waals surface area contributed by atoms with Crippen LogP contribution in [-0.4, -0.2) is 28.2 Å². The molecule has 2 aromatic rings. The fraction of sp³-hybridized carbons (Fsp3) is 0.360. The normalized spacial score (nSPS) is 18.3. The van der Waals surface area contributed by atoms with Crippen LogP contribution in [0.2, 0.25) is 10.0 Å². The van der Waals surface area contributed by atoms with Gasteiger partial charge in [0.1, 0.15) is 5.76 Å². The van der Waals surface area contributed by atoms with Crippen molar-refractivity contribution in [3.05, 3.63) is 74.8 Å². The van der Waals surface area contributed by atoms with Crippen LogP contribution in [0.25, 0.3) is 5.76 Å². The molecule has 0 spiro atoms. The lowest BCUT2D eigenvalue weighted by Gasteiger charge is -2.25. The first-order valence-electron chi connectivity index (χ1n) is 10.6. The minimum Gasteiger partial charge on any atom is -0.507 e. The van der Waals surface area contributed by atoms with Crippen LogP contribution in [0, 0.1) is 0 Å². The van der Waals surface area contributed by atoms with Gasteiger partial charge in [-0.05, 0) is 41.7 Å². The SMILES string of the molecule is CCCCCN1C(=O)C(=O)/C(=C(\O)c2ccc(Cl)c(Cl)c2)C1c1ccc(C(C)C)cc1. The zero-order valence-electron chi connectivity index (χ0n) is 18.0. The molecule has 1 saturated heterocycles. The van der Waals surface area contributed by atoms with E-state index in [1.807, 2.05) is 24.3 Å². The molecule has 31 heavy (non-hydrogen) atoms. The highest BCUT2D eigenvalue weighted by Crippen LogP contribution is 2.40. The molecule has 1 aliphatic rings. The fourth-order valence-electron chi connectivity index (χ4n) is 3.85. The second-order valence-corrected chi connectivity index (χ2v) is 8.96. The maximum Gasteiger partial charge on any atom is 0.295 e. The third kappa shape index (κ3) is 4.81. The van der Waals surface area contributed by atoms with E-state index in [2.05, 4.69) is 20.8 Å². The molecule has 0 radical (unpaired) electrons. The van der Waals surface area contributed by atoms with Crippen LogP contribution in [0.3, 0.4) is 0 Å². The third-order valence-electron chi connectivity index (χ3n) is 5.65. The molecule has 1 heterocycles. The van der Waals surface area contributed by atoms with Crippen molar-refractivity contribution >= 4 is 40.7 Å². The fourth-order valence-corrected chi connectivity index (χ4v) is 4.15. The average Bonchev–Trinajstić information content (AvgIpc) is 3.00. The zero-order chi connectivity index (χ0) is 22.7. The van der Waals surface area contributed by atoms with E-state index in [-0.39, 0.29) is 16.4 Å². The number of Topliss-reactive ketones (excluding diaryl/α,β-unsaturated/α-hetero) is 1. The standard InChI is InChI=1S/C25H27Cl2NO3/c1-4-5-6-13-28-22(17-9-7-16(8-10-17)15(2)3)21(24(30)25(28)31)23(29)18-11-12-19(26)20(27)14-18/h7-12,14-15,22,29H,4-6,13H2,1-3H3/b23-21-. The number of amides is 1. The summed E-state index contributed by atoms with van der Waals surface area (Å²) in [6.07, 6.45) is 2.74. The summed E-state index contributed by atoms with van der Waals surface area (Å²) < 4.78 is 0. The molecule has 0 bridgehead atoms. The number of hydrogen-bond donors (Lipinski definition) is 1. The molecule has 2 aromatic carbocycles. The highest BCUT2D eigenvalue weighted by atomic mass is 35.5. The minimum absolute atomic E-state index is 0.0807. The molecular weight excluding hydrogens is 433 g/mol. The number of carbonyl (C=O) groups is 2. The second-order valence-electron chi connectivity index (χ2n) is 8.15. The highest BCUT2D eigenvalue weighted by molar-refractivity contribution is 6.46. The van der Waals surface area contributed by atoms with E-state index in [0.717, 1.165) is 30.4 Å². The van der Waals surface area contributed by atoms with Gasteiger partial charge in [0, 0.05) is 12.1 Å². The Labute approximate surface area is 193 Å². The van der Waals surface area contributed by atoms with Gasteiger partial charge in [0.05, 0.1) is 21.7 Å². The predicted octanol–water partition coefficient (Wildman–Crippen LogP) is 6.73. The number of aliphatic hydroxyl groups is 1. The van der Waals surface area contributed by atoms with Crippen molar-refractivity contribution in [2.45, 2.75) is 52.0 Å². The van der Waals surface area contributed by atoms with Crippen molar-refractivity contribution in [2.24, 2.45) is 0 Å². The Morgan fingerprint density at radius 3 is 2.29 bits per heavy atom. The number of hydrogen-bond acceptors (Lipinski definition) is 3. The summed E-state index contributed by atoms with van der Waals surface area (Å²) in [5, 5.41) is 11.7. The summed E-state index contributed by atoms with van der Waals surface area (Å²) in [6, 6.07) is 11.9. The Balaban J connectivity index is 2.12. The lowest BCUT2D eigenvalue weighted by atomic mass is 9.93. The van der Waals surface area contributed by atoms with Crippen LogP contribution in [0.4, 0.5) is 0 Å². The van der Waals surface area contributed by atoms with Gasteiger partial charge in [-0.15, -0.1) is 0 Å². The van der Waals surface area contributed by atoms with Crippen molar-refractivity contribution in [1.29, 1.82) is 0 Å². The van der Waals surface area contributed by atoms with E-state index in [1.165, 1.54) is 6.07 Å². The van der Waals surface area contributed by atoms with Crippen molar-refractivity contribution in [3.8, 4) is 0 Å². The summed E-state index contributed by atoms with van der Waals surface area (Å²) in [7, 11) is 0. The molecule has 1 aliphatic heterocycles. The zero-order valence-corrected chi connectivity index (χ0v) is 19.5. The molecule has 1 atom stereocenters. The van der Waals surface area contributed by atoms with Gasteiger partial charge in [-0.2, -0.15) is 0 Å². The second kappa shape index (κ2) is 9.88. The van der Waals surface area contributed by atoms with Crippen molar-refractivity contribution < 1.29 is 14.7 Å². The van der Waals surface area contributed by atoms with Crippen LogP contribution >= 0.6 is 23.2 Å². The van der Waals surface area contributed by atoms with Gasteiger partial charge in [0.2, 0.25) is 0 Å². The molecule has 1 fully saturated rings. The minimum atomic E-state index is -0.682. The smallest absolute Gasteiger partial charge is 0.295 e. The molecule has 1 unspecified atom stereocenters. The Hall–Kier alpha value is -2.30. The van der Waals surface area contributed by atoms with Gasteiger partial charge >= 0.3 is 0 Å². The largest absolute Gasteiger partial charge is 0.507 e. The molecule has 6 heteroatoms. The number of ketones is 1. The summed E-state index contributed by atoms with van der Waals surface area (Å²) in [6.45, 7) is 6.75. The summed E-state index contributed by atoms with van der Waals surface area (Å²) in [5.74, 6) is -1.15. The Kier molecular flexibility index (Phi) is 7.45. The molecular formula is C25H27Cl2NO3. The number of carbonyl (C=O) groups excluding carboxylic acids is 2. The molecule has 1 N–H and O–H groups in total. The molecule has 0 aliphatic carbocycles. The Bertz CT molecular complexity index is 1010. The summed E-state index contributed by atoms with van der Waals surface area (Å²) in [4.78, 5) is 27.5. The molecule has 164 valence electrons. The van der Waals surface area contributed by atoms with Crippen LogP contribution in [-0.2, 0) is 9.59 Å². The number of unbranched alkanes of at least 4 members (excludes halogenated alkanes) is 2. The predicted molar refractivity (Wildman–Crippen MR) is 126 cm³/mol. The van der Waals surface area contributed by atoms with Gasteiger partial charge in [-0.1, -0.05) is 81.1 Å². The van der Waals surface area contributed by atoms with Crippen molar-refractivity contribution in [3.63, 3.8) is 0 Å². The Morgan fingerprint density at radius 1 is 1.03 bits per heavy atom. The number of aliphatic hydroxyl groups excluding tert-OH is 1. The van der Waals surface area contributed by atoms with Gasteiger partial charge in [-0.3, -0.25) is 9.59 Å². The van der Waals surface area contributed by atoms with Crippen LogP contribution in [0.5, 0.6) is 0 Å². The molecule has 4 nitrogen and oxygen atoms in total. The van der Waals surface area contributed by atoms with E-state index < -0.39 is 17.7 Å². The maximum absolute atomic E-state index is 13.0. The van der Waals surface area contributed by atoms with Crippen molar-refractivity contribution in [1.82, 2.24) is 4.90 Å². The number of likely N-dealkylation sites (tertiary alicyclic amines) is 1. The highest BCUT2D eigenvalue weighted by Gasteiger charge is 2.45. The van der Waals surface area contributed by atoms with E-state index in [9.17, 15) is 14.7 Å². The van der Waals surface area contributed by atoms with E-state index in [4.69, 9.17) is 23.2 Å². The summed E-state index contributed by atoms with van der Waals surface area (Å²) in [5.41, 5.74) is 2.39. The number of benzene rings is 2. The molecule has 3 rings (SSSR count). The van der Waals surface area contributed by atoms with E-state index in [1.54, 1.807) is 17.0 Å². The third-order valence-corrected chi connectivity index (χ3v) is 6.39. The number of rotatable bonds is 7. The first-order chi connectivity index (χ1) is 14.8. The molecule has 0 saturated carbocycles. The lowest BCUT2D eigenvalue weighted by Crippen LogP contribution is -2.30. The van der Waals surface area contributed by atoms with Crippen LogP contribution in [0.1, 0.15) is 68.7 Å². The van der Waals surface area contributed by atoms with Gasteiger partial charge < -0.3 is 10.0 Å². The lowest BCUT2D eigenvalue weighted by molar-refractivity contribution is -0.139. The number of halogens is 2. The van der Waals surface area contributed by atoms with Gasteiger partial charge in [0.25, 0.3) is 11.7 Å². The average molecular weight is 460 g/mol. The first kappa shape index (κ1) is 23.4. The molecule has 1 amide bonds. The van der Waals surface area contributed by atoms with E-state index in [0.29, 0.717) is 23.0 Å².